The van der Waals surface area contributed by atoms with Gasteiger partial charge in [-0.2, -0.15) is 0 Å². The highest BCUT2D eigenvalue weighted by Gasteiger charge is 2.57. The summed E-state index contributed by atoms with van der Waals surface area (Å²) in [7, 11) is 0. The van der Waals surface area contributed by atoms with Gasteiger partial charge in [-0.3, -0.25) is 4.79 Å². The molecule has 3 aromatic rings. The summed E-state index contributed by atoms with van der Waals surface area (Å²) in [6, 6.07) is 13.9. The average molecular weight is 389 g/mol. The Morgan fingerprint density at radius 1 is 1.14 bits per heavy atom. The van der Waals surface area contributed by atoms with E-state index in [0.717, 1.165) is 40.7 Å². The van der Waals surface area contributed by atoms with Crippen molar-refractivity contribution < 1.29 is 9.90 Å². The number of aromatic amines is 1. The number of H-pyrrole nitrogens is 1. The van der Waals surface area contributed by atoms with Gasteiger partial charge in [0.1, 0.15) is 5.75 Å². The smallest absolute Gasteiger partial charge is 0.256 e. The first-order chi connectivity index (χ1) is 13.8. The van der Waals surface area contributed by atoms with Crippen molar-refractivity contribution >= 4 is 16.8 Å². The predicted octanol–water partition coefficient (Wildman–Crippen LogP) is 4.94. The second-order valence-electron chi connectivity index (χ2n) is 9.50. The third-order valence-electron chi connectivity index (χ3n) is 8.00. The third-order valence-corrected chi connectivity index (χ3v) is 8.00. The maximum Gasteiger partial charge on any atom is 0.256 e. The van der Waals surface area contributed by atoms with Crippen LogP contribution in [0.25, 0.3) is 10.9 Å². The number of likely N-dealkylation sites (tertiary alicyclic amines) is 1. The van der Waals surface area contributed by atoms with Gasteiger partial charge < -0.3 is 15.0 Å². The van der Waals surface area contributed by atoms with Crippen molar-refractivity contribution in [1.29, 1.82) is 0 Å². The van der Waals surface area contributed by atoms with Gasteiger partial charge in [0.2, 0.25) is 0 Å². The molecule has 2 aliphatic rings. The molecular formula is C25H28N2O2. The number of para-hydroxylation sites is 1. The molecule has 29 heavy (non-hydrogen) atoms. The first kappa shape index (κ1) is 18.3. The number of piperidine rings is 1. The number of amides is 1. The van der Waals surface area contributed by atoms with Crippen molar-refractivity contribution in [3.05, 3.63) is 64.8 Å². The van der Waals surface area contributed by atoms with Crippen LogP contribution in [0.4, 0.5) is 0 Å². The van der Waals surface area contributed by atoms with Crippen LogP contribution in [0.2, 0.25) is 0 Å². The zero-order valence-electron chi connectivity index (χ0n) is 17.5. The average Bonchev–Trinajstić information content (AvgIpc) is 3.00. The SMILES string of the molecule is Cc1[nH]c2ccccc2c1C(=O)N1CC[C@@]2(C)c3cccc(O)c3C[C@@H]1C2(C)C. The Labute approximate surface area is 171 Å². The standard InChI is InChI=1S/C25H28N2O2/c1-15-22(16-8-5-6-10-19(16)26-15)23(29)27-13-12-25(4)18-9-7-11-20(28)17(18)14-21(27)24(25,2)3/h5-11,21,26,28H,12-14H2,1-4H3/t21-,25+/m1/s1. The normalized spacial score (nSPS) is 25.1. The second kappa shape index (κ2) is 5.88. The van der Waals surface area contributed by atoms with E-state index < -0.39 is 0 Å². The van der Waals surface area contributed by atoms with Gasteiger partial charge in [-0.15, -0.1) is 0 Å². The summed E-state index contributed by atoms with van der Waals surface area (Å²) >= 11 is 0. The lowest BCUT2D eigenvalue weighted by Gasteiger charge is -2.60. The van der Waals surface area contributed by atoms with Crippen LogP contribution in [-0.2, 0) is 11.8 Å². The molecule has 2 aromatic carbocycles. The van der Waals surface area contributed by atoms with E-state index in [1.165, 1.54) is 5.56 Å². The van der Waals surface area contributed by atoms with Crippen LogP contribution in [0, 0.1) is 12.3 Å². The number of benzene rings is 2. The van der Waals surface area contributed by atoms with Crippen molar-refractivity contribution in [2.45, 2.75) is 52.0 Å². The summed E-state index contributed by atoms with van der Waals surface area (Å²) in [6.45, 7) is 9.58. The number of aromatic hydroxyl groups is 1. The van der Waals surface area contributed by atoms with Gasteiger partial charge in [-0.25, -0.2) is 0 Å². The topological polar surface area (TPSA) is 56.3 Å². The summed E-state index contributed by atoms with van der Waals surface area (Å²) in [4.78, 5) is 19.3. The van der Waals surface area contributed by atoms with Gasteiger partial charge in [-0.05, 0) is 48.4 Å². The van der Waals surface area contributed by atoms with Crippen LogP contribution in [-0.4, -0.2) is 33.5 Å². The first-order valence-corrected chi connectivity index (χ1v) is 10.5. The van der Waals surface area contributed by atoms with E-state index in [0.29, 0.717) is 12.2 Å². The van der Waals surface area contributed by atoms with Gasteiger partial charge in [0, 0.05) is 34.6 Å². The second-order valence-corrected chi connectivity index (χ2v) is 9.50. The number of hydrogen-bond acceptors (Lipinski definition) is 2. The highest BCUT2D eigenvalue weighted by atomic mass is 16.3. The van der Waals surface area contributed by atoms with E-state index in [1.54, 1.807) is 6.07 Å². The Balaban J connectivity index is 1.63. The van der Waals surface area contributed by atoms with Crippen molar-refractivity contribution in [2.75, 3.05) is 6.54 Å². The van der Waals surface area contributed by atoms with Gasteiger partial charge in [-0.1, -0.05) is 51.1 Å². The highest BCUT2D eigenvalue weighted by molar-refractivity contribution is 6.08. The molecular weight excluding hydrogens is 360 g/mol. The highest BCUT2D eigenvalue weighted by Crippen LogP contribution is 2.57. The molecule has 0 unspecified atom stereocenters. The monoisotopic (exact) mass is 388 g/mol. The summed E-state index contributed by atoms with van der Waals surface area (Å²) in [5.41, 5.74) is 4.78. The molecule has 4 heteroatoms. The summed E-state index contributed by atoms with van der Waals surface area (Å²) in [5.74, 6) is 0.450. The molecule has 5 rings (SSSR count). The van der Waals surface area contributed by atoms with E-state index in [4.69, 9.17) is 0 Å². The zero-order chi connectivity index (χ0) is 20.6. The summed E-state index contributed by atoms with van der Waals surface area (Å²) in [5, 5.41) is 11.6. The van der Waals surface area contributed by atoms with Crippen LogP contribution in [0.3, 0.4) is 0 Å². The fourth-order valence-corrected chi connectivity index (χ4v) is 5.86. The minimum Gasteiger partial charge on any atom is -0.508 e. The molecule has 1 aliphatic carbocycles. The Morgan fingerprint density at radius 3 is 2.69 bits per heavy atom. The minimum absolute atomic E-state index is 0.0441. The number of nitrogens with zero attached hydrogens (tertiary/aromatic N) is 1. The lowest BCUT2D eigenvalue weighted by Crippen LogP contribution is -2.64. The maximum absolute atomic E-state index is 13.8. The quantitative estimate of drug-likeness (QED) is 0.621. The number of aryl methyl sites for hydroxylation is 1. The molecule has 1 aliphatic heterocycles. The molecule has 0 saturated carbocycles. The molecule has 4 nitrogen and oxygen atoms in total. The van der Waals surface area contributed by atoms with Gasteiger partial charge in [0.15, 0.2) is 0 Å². The van der Waals surface area contributed by atoms with E-state index in [2.05, 4.69) is 36.7 Å². The molecule has 2 heterocycles. The number of hydrogen-bond donors (Lipinski definition) is 2. The number of phenols is 1. The molecule has 0 spiro atoms. The number of phenolic OH excluding ortho intramolecular Hbond substituents is 1. The Kier molecular flexibility index (Phi) is 3.71. The van der Waals surface area contributed by atoms with Crippen LogP contribution in [0.15, 0.2) is 42.5 Å². The van der Waals surface area contributed by atoms with Crippen LogP contribution in [0.5, 0.6) is 5.75 Å². The van der Waals surface area contributed by atoms with Crippen molar-refractivity contribution in [3.63, 3.8) is 0 Å². The summed E-state index contributed by atoms with van der Waals surface area (Å²) in [6.07, 6.45) is 1.58. The largest absolute Gasteiger partial charge is 0.508 e. The van der Waals surface area contributed by atoms with Crippen LogP contribution < -0.4 is 0 Å². The van der Waals surface area contributed by atoms with Gasteiger partial charge >= 0.3 is 0 Å². The molecule has 1 saturated heterocycles. The number of carbonyl (C=O) groups excluding carboxylic acids is 1. The van der Waals surface area contributed by atoms with Crippen molar-refractivity contribution in [3.8, 4) is 5.75 Å². The van der Waals surface area contributed by atoms with Crippen LogP contribution >= 0.6 is 0 Å². The Bertz CT molecular complexity index is 1140. The molecule has 1 aromatic heterocycles. The number of nitrogens with one attached hydrogen (secondary N) is 1. The fraction of sp³-hybridized carbons (Fsp3) is 0.400. The van der Waals surface area contributed by atoms with E-state index >= 15 is 0 Å². The van der Waals surface area contributed by atoms with Gasteiger partial charge in [0.25, 0.3) is 5.91 Å². The predicted molar refractivity (Wildman–Crippen MR) is 115 cm³/mol. The molecule has 1 amide bonds. The van der Waals surface area contributed by atoms with E-state index in [9.17, 15) is 9.90 Å². The third kappa shape index (κ3) is 2.29. The lowest BCUT2D eigenvalue weighted by atomic mass is 9.51. The van der Waals surface area contributed by atoms with Crippen molar-refractivity contribution in [1.82, 2.24) is 9.88 Å². The molecule has 1 fully saturated rings. The Morgan fingerprint density at radius 2 is 1.90 bits per heavy atom. The number of carbonyl (C=O) groups is 1. The summed E-state index contributed by atoms with van der Waals surface area (Å²) < 4.78 is 0. The number of fused-ring (bicyclic) bond motifs is 5. The molecule has 2 bridgehead atoms. The maximum atomic E-state index is 13.8. The number of aromatic nitrogens is 1. The Hall–Kier alpha value is -2.75. The molecule has 2 atom stereocenters. The van der Waals surface area contributed by atoms with E-state index in [-0.39, 0.29) is 22.8 Å². The first-order valence-electron chi connectivity index (χ1n) is 10.5. The van der Waals surface area contributed by atoms with Crippen LogP contribution in [0.1, 0.15) is 54.4 Å². The molecule has 2 N–H and O–H groups in total. The molecule has 0 radical (unpaired) electrons. The number of rotatable bonds is 1. The molecule has 150 valence electrons. The lowest BCUT2D eigenvalue weighted by molar-refractivity contribution is -0.0265. The fourth-order valence-electron chi connectivity index (χ4n) is 5.86. The van der Waals surface area contributed by atoms with Gasteiger partial charge in [0.05, 0.1) is 5.56 Å². The van der Waals surface area contributed by atoms with Crippen molar-refractivity contribution in [2.24, 2.45) is 5.41 Å². The zero-order valence-corrected chi connectivity index (χ0v) is 17.5. The van der Waals surface area contributed by atoms with E-state index in [1.807, 2.05) is 37.3 Å². The minimum atomic E-state index is -0.0955.